The molecule has 0 bridgehead atoms. The van der Waals surface area contributed by atoms with Crippen LogP contribution in [0.2, 0.25) is 0 Å². The summed E-state index contributed by atoms with van der Waals surface area (Å²) in [6.07, 6.45) is -8.34. The number of nitrogens with zero attached hydrogens (tertiary/aromatic N) is 2. The number of hydrogen-bond acceptors (Lipinski definition) is 3. The summed E-state index contributed by atoms with van der Waals surface area (Å²) < 4.78 is 62.1. The highest BCUT2D eigenvalue weighted by molar-refractivity contribution is 5.92. The van der Waals surface area contributed by atoms with Gasteiger partial charge in [-0.1, -0.05) is 0 Å². The minimum atomic E-state index is -5.10. The van der Waals surface area contributed by atoms with Gasteiger partial charge in [-0.3, -0.25) is 0 Å². The van der Waals surface area contributed by atoms with Gasteiger partial charge in [0.1, 0.15) is 6.07 Å². The molecule has 0 saturated carbocycles. The van der Waals surface area contributed by atoms with Crippen molar-refractivity contribution >= 4 is 5.97 Å². The van der Waals surface area contributed by atoms with E-state index in [9.17, 15) is 26.7 Å². The van der Waals surface area contributed by atoms with Crippen LogP contribution in [-0.4, -0.2) is 16.1 Å². The predicted molar refractivity (Wildman–Crippen MR) is 45.9 cm³/mol. The molecule has 0 saturated heterocycles. The molecule has 0 unspecified atom stereocenters. The second-order valence-corrected chi connectivity index (χ2v) is 3.03. The average molecular weight is 266 g/mol. The van der Waals surface area contributed by atoms with Crippen LogP contribution in [-0.2, 0) is 6.18 Å². The molecule has 0 aliphatic carbocycles. The van der Waals surface area contributed by atoms with Crippen molar-refractivity contribution in [2.24, 2.45) is 0 Å². The highest BCUT2D eigenvalue weighted by atomic mass is 19.4. The third-order valence-corrected chi connectivity index (χ3v) is 1.94. The Morgan fingerprint density at radius 1 is 1.44 bits per heavy atom. The van der Waals surface area contributed by atoms with Gasteiger partial charge in [0.15, 0.2) is 5.69 Å². The highest BCUT2D eigenvalue weighted by Crippen LogP contribution is 2.34. The van der Waals surface area contributed by atoms with E-state index in [2.05, 4.69) is 4.98 Å². The molecule has 0 fully saturated rings. The van der Waals surface area contributed by atoms with Crippen LogP contribution in [0.3, 0.4) is 0 Å². The molecule has 0 atom stereocenters. The molecule has 96 valence electrons. The van der Waals surface area contributed by atoms with Crippen LogP contribution in [0.5, 0.6) is 0 Å². The monoisotopic (exact) mass is 266 g/mol. The first-order valence-corrected chi connectivity index (χ1v) is 4.21. The SMILES string of the molecule is N#Cc1c(C(F)(F)F)ncc(C(F)F)c1C(=O)O. The third kappa shape index (κ3) is 2.37. The highest BCUT2D eigenvalue weighted by Gasteiger charge is 2.39. The largest absolute Gasteiger partial charge is 0.478 e. The van der Waals surface area contributed by atoms with Gasteiger partial charge in [0.25, 0.3) is 6.43 Å². The van der Waals surface area contributed by atoms with Crippen molar-refractivity contribution < 1.29 is 31.9 Å². The standard InChI is InChI=1S/C9H3F5N2O2/c10-7(11)4-2-16-6(9(12,13)14)3(1-15)5(4)8(17)18/h2,7H,(H,17,18). The number of carboxylic acid groups (broad SMARTS) is 1. The van der Waals surface area contributed by atoms with Gasteiger partial charge in [0.2, 0.25) is 0 Å². The summed E-state index contributed by atoms with van der Waals surface area (Å²) in [6.45, 7) is 0. The van der Waals surface area contributed by atoms with Crippen LogP contribution in [0, 0.1) is 11.3 Å². The topological polar surface area (TPSA) is 74.0 Å². The lowest BCUT2D eigenvalue weighted by atomic mass is 10.0. The van der Waals surface area contributed by atoms with E-state index in [1.165, 1.54) is 0 Å². The molecule has 4 nitrogen and oxygen atoms in total. The minimum absolute atomic E-state index is 0.109. The first kappa shape index (κ1) is 13.8. The molecule has 1 rings (SSSR count). The maximum atomic E-state index is 12.4. The Labute approximate surface area is 96.3 Å². The van der Waals surface area contributed by atoms with Gasteiger partial charge in [0, 0.05) is 6.20 Å². The zero-order valence-corrected chi connectivity index (χ0v) is 8.29. The molecule has 0 spiro atoms. The second-order valence-electron chi connectivity index (χ2n) is 3.03. The molecule has 0 aliphatic heterocycles. The lowest BCUT2D eigenvalue weighted by Gasteiger charge is -2.12. The van der Waals surface area contributed by atoms with Gasteiger partial charge < -0.3 is 5.11 Å². The van der Waals surface area contributed by atoms with Crippen molar-refractivity contribution in [2.45, 2.75) is 12.6 Å². The van der Waals surface area contributed by atoms with E-state index in [-0.39, 0.29) is 6.20 Å². The van der Waals surface area contributed by atoms with Crippen LogP contribution in [0.4, 0.5) is 22.0 Å². The summed E-state index contributed by atoms with van der Waals surface area (Å²) in [5.41, 5.74) is -5.83. The molecule has 1 N–H and O–H groups in total. The van der Waals surface area contributed by atoms with Crippen molar-refractivity contribution in [3.05, 3.63) is 28.6 Å². The Bertz CT molecular complexity index is 533. The summed E-state index contributed by atoms with van der Waals surface area (Å²) in [5.74, 6) is -2.05. The molecule has 1 aromatic rings. The molecule has 0 aromatic carbocycles. The fourth-order valence-electron chi connectivity index (χ4n) is 1.25. The quantitative estimate of drug-likeness (QED) is 0.835. The number of alkyl halides is 5. The van der Waals surface area contributed by atoms with Gasteiger partial charge in [-0.25, -0.2) is 18.6 Å². The lowest BCUT2D eigenvalue weighted by Crippen LogP contribution is -2.17. The number of pyridine rings is 1. The molecular weight excluding hydrogens is 263 g/mol. The number of aromatic nitrogens is 1. The molecular formula is C9H3F5N2O2. The Balaban J connectivity index is 3.71. The summed E-state index contributed by atoms with van der Waals surface area (Å²) in [6, 6.07) is 0.951. The lowest BCUT2D eigenvalue weighted by molar-refractivity contribution is -0.141. The van der Waals surface area contributed by atoms with E-state index in [0.29, 0.717) is 0 Å². The number of carbonyl (C=O) groups is 1. The smallest absolute Gasteiger partial charge is 0.434 e. The molecule has 9 heteroatoms. The van der Waals surface area contributed by atoms with E-state index in [1.54, 1.807) is 0 Å². The zero-order chi connectivity index (χ0) is 14.1. The van der Waals surface area contributed by atoms with Gasteiger partial charge in [-0.15, -0.1) is 0 Å². The zero-order valence-electron chi connectivity index (χ0n) is 8.29. The molecule has 0 aliphatic rings. The average Bonchev–Trinajstić information content (AvgIpc) is 2.25. The van der Waals surface area contributed by atoms with E-state index in [0.717, 1.165) is 6.07 Å². The van der Waals surface area contributed by atoms with Crippen LogP contribution in [0.25, 0.3) is 0 Å². The van der Waals surface area contributed by atoms with Crippen molar-refractivity contribution in [1.29, 1.82) is 5.26 Å². The summed E-state index contributed by atoms with van der Waals surface area (Å²) in [7, 11) is 0. The van der Waals surface area contributed by atoms with E-state index < -0.39 is 41.0 Å². The van der Waals surface area contributed by atoms with Crippen LogP contribution >= 0.6 is 0 Å². The molecule has 1 heterocycles. The normalized spacial score (nSPS) is 11.4. The van der Waals surface area contributed by atoms with Crippen molar-refractivity contribution in [3.63, 3.8) is 0 Å². The number of carboxylic acids is 1. The molecule has 0 amide bonds. The minimum Gasteiger partial charge on any atom is -0.478 e. The Morgan fingerprint density at radius 2 is 2.00 bits per heavy atom. The van der Waals surface area contributed by atoms with Crippen molar-refractivity contribution in [3.8, 4) is 6.07 Å². The first-order chi connectivity index (χ1) is 8.20. The predicted octanol–water partition coefficient (Wildman–Crippen LogP) is 2.61. The van der Waals surface area contributed by atoms with Gasteiger partial charge in [-0.05, 0) is 0 Å². The maximum Gasteiger partial charge on any atom is 0.434 e. The van der Waals surface area contributed by atoms with E-state index in [4.69, 9.17) is 10.4 Å². The number of rotatable bonds is 2. The number of aromatic carboxylic acids is 1. The van der Waals surface area contributed by atoms with Crippen LogP contribution < -0.4 is 0 Å². The summed E-state index contributed by atoms with van der Waals surface area (Å²) in [5, 5.41) is 17.2. The van der Waals surface area contributed by atoms with Gasteiger partial charge in [-0.2, -0.15) is 18.4 Å². The van der Waals surface area contributed by atoms with Gasteiger partial charge >= 0.3 is 12.1 Å². The Hall–Kier alpha value is -2.24. The van der Waals surface area contributed by atoms with Crippen LogP contribution in [0.15, 0.2) is 6.20 Å². The fraction of sp³-hybridized carbons (Fsp3) is 0.222. The number of halogens is 5. The molecule has 0 radical (unpaired) electrons. The van der Waals surface area contributed by atoms with E-state index in [1.807, 2.05) is 0 Å². The summed E-state index contributed by atoms with van der Waals surface area (Å²) >= 11 is 0. The number of nitriles is 1. The van der Waals surface area contributed by atoms with Crippen LogP contribution in [0.1, 0.15) is 33.6 Å². The Morgan fingerprint density at radius 3 is 2.33 bits per heavy atom. The van der Waals surface area contributed by atoms with E-state index >= 15 is 0 Å². The Kier molecular flexibility index (Phi) is 3.50. The summed E-state index contributed by atoms with van der Waals surface area (Å²) in [4.78, 5) is 13.4. The second kappa shape index (κ2) is 4.56. The van der Waals surface area contributed by atoms with Crippen molar-refractivity contribution in [1.82, 2.24) is 4.98 Å². The fourth-order valence-corrected chi connectivity index (χ4v) is 1.25. The third-order valence-electron chi connectivity index (χ3n) is 1.94. The molecule has 1 aromatic heterocycles. The van der Waals surface area contributed by atoms with Gasteiger partial charge in [0.05, 0.1) is 16.7 Å². The first-order valence-electron chi connectivity index (χ1n) is 4.21. The van der Waals surface area contributed by atoms with Crippen molar-refractivity contribution in [2.75, 3.05) is 0 Å². The number of hydrogen-bond donors (Lipinski definition) is 1. The maximum absolute atomic E-state index is 12.4. The molecule has 18 heavy (non-hydrogen) atoms.